The lowest BCUT2D eigenvalue weighted by atomic mass is 10.1. The molecule has 0 spiro atoms. The molecule has 8 nitrogen and oxygen atoms in total. The molecule has 4 rings (SSSR count). The second-order valence-electron chi connectivity index (χ2n) is 5.60. The molecule has 0 radical (unpaired) electrons. The number of rotatable bonds is 3. The molecule has 1 atom stereocenters. The molecule has 25 heavy (non-hydrogen) atoms. The van der Waals surface area contributed by atoms with Gasteiger partial charge >= 0.3 is 0 Å². The summed E-state index contributed by atoms with van der Waals surface area (Å²) in [6.07, 6.45) is 9.70. The SMILES string of the molecule is O=C(c1ccc(-n2cccn2)nc1)N1CCO[C@@H](c2cnccn2)C1. The number of ether oxygens (including phenoxy) is 1. The monoisotopic (exact) mass is 336 g/mol. The largest absolute Gasteiger partial charge is 0.368 e. The standard InChI is InChI=1S/C17H16N6O2/c24-17(13-2-3-16(20-10-13)23-7-1-4-21-23)22-8-9-25-15(12-22)14-11-18-5-6-19-14/h1-7,10-11,15H,8-9,12H2/t15-/m1/s1. The van der Waals surface area contributed by atoms with Crippen molar-refractivity contribution in [2.45, 2.75) is 6.10 Å². The highest BCUT2D eigenvalue weighted by Crippen LogP contribution is 2.21. The van der Waals surface area contributed by atoms with Crippen molar-refractivity contribution in [3.05, 3.63) is 66.6 Å². The van der Waals surface area contributed by atoms with Gasteiger partial charge in [0.05, 0.1) is 30.6 Å². The number of pyridine rings is 1. The van der Waals surface area contributed by atoms with Gasteiger partial charge in [0.25, 0.3) is 5.91 Å². The third-order valence-corrected chi connectivity index (χ3v) is 4.00. The van der Waals surface area contributed by atoms with E-state index in [2.05, 4.69) is 20.1 Å². The predicted molar refractivity (Wildman–Crippen MR) is 88.0 cm³/mol. The molecule has 1 aliphatic heterocycles. The Morgan fingerprint density at radius 1 is 1.16 bits per heavy atom. The molecule has 0 aromatic carbocycles. The summed E-state index contributed by atoms with van der Waals surface area (Å²) in [5, 5.41) is 4.12. The van der Waals surface area contributed by atoms with E-state index in [1.165, 1.54) is 0 Å². The molecule has 0 N–H and O–H groups in total. The van der Waals surface area contributed by atoms with Gasteiger partial charge in [0.15, 0.2) is 5.82 Å². The second kappa shape index (κ2) is 6.78. The average Bonchev–Trinajstić information content (AvgIpc) is 3.23. The van der Waals surface area contributed by atoms with Gasteiger partial charge in [-0.25, -0.2) is 9.67 Å². The van der Waals surface area contributed by atoms with E-state index in [0.29, 0.717) is 31.1 Å². The van der Waals surface area contributed by atoms with Crippen LogP contribution in [-0.4, -0.2) is 55.2 Å². The minimum atomic E-state index is -0.261. The number of amides is 1. The molecule has 3 aromatic heterocycles. The Balaban J connectivity index is 1.48. The molecule has 8 heteroatoms. The van der Waals surface area contributed by atoms with Gasteiger partial charge in [-0.15, -0.1) is 0 Å². The Hall–Kier alpha value is -3.13. The third-order valence-electron chi connectivity index (χ3n) is 4.00. The van der Waals surface area contributed by atoms with E-state index in [4.69, 9.17) is 4.74 Å². The van der Waals surface area contributed by atoms with Crippen molar-refractivity contribution in [3.63, 3.8) is 0 Å². The number of aromatic nitrogens is 5. The summed E-state index contributed by atoms with van der Waals surface area (Å²) in [6.45, 7) is 1.45. The van der Waals surface area contributed by atoms with Crippen molar-refractivity contribution in [2.75, 3.05) is 19.7 Å². The molecule has 4 heterocycles. The van der Waals surface area contributed by atoms with Gasteiger partial charge < -0.3 is 9.64 Å². The number of carbonyl (C=O) groups is 1. The van der Waals surface area contributed by atoms with Crippen molar-refractivity contribution >= 4 is 5.91 Å². The molecular weight excluding hydrogens is 320 g/mol. The molecular formula is C17H16N6O2. The van der Waals surface area contributed by atoms with Gasteiger partial charge in [-0.05, 0) is 18.2 Å². The number of carbonyl (C=O) groups excluding carboxylic acids is 1. The van der Waals surface area contributed by atoms with E-state index >= 15 is 0 Å². The van der Waals surface area contributed by atoms with Crippen molar-refractivity contribution in [2.24, 2.45) is 0 Å². The van der Waals surface area contributed by atoms with Crippen LogP contribution in [0.15, 0.2) is 55.4 Å². The molecule has 1 fully saturated rings. The summed E-state index contributed by atoms with van der Waals surface area (Å²) in [4.78, 5) is 27.1. The van der Waals surface area contributed by atoms with E-state index in [0.717, 1.165) is 5.69 Å². The number of hydrogen-bond acceptors (Lipinski definition) is 6. The molecule has 126 valence electrons. The summed E-state index contributed by atoms with van der Waals surface area (Å²) in [5.74, 6) is 0.595. The topological polar surface area (TPSA) is 86.0 Å². The van der Waals surface area contributed by atoms with Crippen LogP contribution in [0.5, 0.6) is 0 Å². The van der Waals surface area contributed by atoms with Crippen LogP contribution in [0.3, 0.4) is 0 Å². The molecule has 1 amide bonds. The Kier molecular flexibility index (Phi) is 4.17. The van der Waals surface area contributed by atoms with Gasteiger partial charge in [0.2, 0.25) is 0 Å². The zero-order valence-electron chi connectivity index (χ0n) is 13.4. The first-order chi connectivity index (χ1) is 12.3. The van der Waals surface area contributed by atoms with Gasteiger partial charge in [-0.1, -0.05) is 0 Å². The Bertz CT molecular complexity index is 835. The molecule has 0 aliphatic carbocycles. The van der Waals surface area contributed by atoms with E-state index < -0.39 is 0 Å². The van der Waals surface area contributed by atoms with Gasteiger partial charge in [-0.2, -0.15) is 5.10 Å². The summed E-state index contributed by atoms with van der Waals surface area (Å²) in [7, 11) is 0. The lowest BCUT2D eigenvalue weighted by Crippen LogP contribution is -2.42. The fraction of sp³-hybridized carbons (Fsp3) is 0.235. The summed E-state index contributed by atoms with van der Waals surface area (Å²) in [6, 6.07) is 5.36. The van der Waals surface area contributed by atoms with Gasteiger partial charge in [0.1, 0.15) is 6.10 Å². The Morgan fingerprint density at radius 3 is 2.84 bits per heavy atom. The van der Waals surface area contributed by atoms with E-state index in [9.17, 15) is 4.79 Å². The summed E-state index contributed by atoms with van der Waals surface area (Å²) in [5.41, 5.74) is 1.27. The second-order valence-corrected chi connectivity index (χ2v) is 5.60. The summed E-state index contributed by atoms with van der Waals surface area (Å²) < 4.78 is 7.37. The minimum Gasteiger partial charge on any atom is -0.368 e. The van der Waals surface area contributed by atoms with Crippen LogP contribution in [0.2, 0.25) is 0 Å². The van der Waals surface area contributed by atoms with Crippen LogP contribution in [0.4, 0.5) is 0 Å². The number of hydrogen-bond donors (Lipinski definition) is 0. The molecule has 1 aliphatic rings. The Labute approximate surface area is 144 Å². The van der Waals surface area contributed by atoms with Crippen molar-refractivity contribution in [1.82, 2.24) is 29.6 Å². The lowest BCUT2D eigenvalue weighted by Gasteiger charge is -2.32. The van der Waals surface area contributed by atoms with Crippen LogP contribution in [0, 0.1) is 0 Å². The number of nitrogens with zero attached hydrogens (tertiary/aromatic N) is 6. The molecule has 0 unspecified atom stereocenters. The Morgan fingerprint density at radius 2 is 2.12 bits per heavy atom. The van der Waals surface area contributed by atoms with Crippen LogP contribution < -0.4 is 0 Å². The van der Waals surface area contributed by atoms with E-state index in [1.807, 2.05) is 6.07 Å². The fourth-order valence-corrected chi connectivity index (χ4v) is 2.72. The summed E-state index contributed by atoms with van der Waals surface area (Å²) >= 11 is 0. The first-order valence-corrected chi connectivity index (χ1v) is 7.94. The molecule has 3 aromatic rings. The maximum Gasteiger partial charge on any atom is 0.255 e. The average molecular weight is 336 g/mol. The zero-order chi connectivity index (χ0) is 17.1. The fourth-order valence-electron chi connectivity index (χ4n) is 2.72. The first kappa shape index (κ1) is 15.4. The normalized spacial score (nSPS) is 17.4. The van der Waals surface area contributed by atoms with E-state index in [-0.39, 0.29) is 12.0 Å². The molecule has 1 saturated heterocycles. The highest BCUT2D eigenvalue weighted by atomic mass is 16.5. The lowest BCUT2D eigenvalue weighted by molar-refractivity contribution is -0.0249. The maximum atomic E-state index is 12.7. The van der Waals surface area contributed by atoms with Crippen molar-refractivity contribution < 1.29 is 9.53 Å². The van der Waals surface area contributed by atoms with E-state index in [1.54, 1.807) is 58.9 Å². The highest BCUT2D eigenvalue weighted by Gasteiger charge is 2.27. The van der Waals surface area contributed by atoms with Crippen LogP contribution >= 0.6 is 0 Å². The van der Waals surface area contributed by atoms with Crippen molar-refractivity contribution in [1.29, 1.82) is 0 Å². The highest BCUT2D eigenvalue weighted by molar-refractivity contribution is 5.94. The van der Waals surface area contributed by atoms with Crippen LogP contribution in [0.25, 0.3) is 5.82 Å². The van der Waals surface area contributed by atoms with Crippen LogP contribution in [-0.2, 0) is 4.74 Å². The van der Waals surface area contributed by atoms with Crippen molar-refractivity contribution in [3.8, 4) is 5.82 Å². The third kappa shape index (κ3) is 3.24. The minimum absolute atomic E-state index is 0.0725. The van der Waals surface area contributed by atoms with Crippen LogP contribution in [0.1, 0.15) is 22.2 Å². The predicted octanol–water partition coefficient (Wildman–Crippen LogP) is 1.27. The number of morpholine rings is 1. The molecule has 0 bridgehead atoms. The smallest absolute Gasteiger partial charge is 0.255 e. The zero-order valence-corrected chi connectivity index (χ0v) is 13.4. The first-order valence-electron chi connectivity index (χ1n) is 7.94. The van der Waals surface area contributed by atoms with Gasteiger partial charge in [-0.3, -0.25) is 14.8 Å². The quantitative estimate of drug-likeness (QED) is 0.716. The van der Waals surface area contributed by atoms with Gasteiger partial charge in [0, 0.05) is 37.5 Å². The maximum absolute atomic E-state index is 12.7. The molecule has 0 saturated carbocycles.